The Balaban J connectivity index is 2.85. The van der Waals surface area contributed by atoms with E-state index in [1.54, 1.807) is 14.2 Å². The molecule has 1 rings (SSSR count). The van der Waals surface area contributed by atoms with Crippen LogP contribution < -0.4 is 4.74 Å². The van der Waals surface area contributed by atoms with Gasteiger partial charge in [0, 0.05) is 13.0 Å². The fraction of sp³-hybridized carbons (Fsp3) is 0.333. The Hall–Kier alpha value is -1.25. The molecule has 0 saturated heterocycles. The van der Waals surface area contributed by atoms with Crippen LogP contribution in [0.5, 0.6) is 5.75 Å². The second-order valence-electron chi connectivity index (χ2n) is 4.05. The van der Waals surface area contributed by atoms with Crippen molar-refractivity contribution in [3.63, 3.8) is 0 Å². The van der Waals surface area contributed by atoms with Crippen molar-refractivity contribution in [1.82, 2.24) is 0 Å². The van der Waals surface area contributed by atoms with Gasteiger partial charge in [0.1, 0.15) is 5.75 Å². The highest BCUT2D eigenvalue weighted by molar-refractivity contribution is 6.32. The van der Waals surface area contributed by atoms with Crippen LogP contribution >= 0.6 is 11.6 Å². The van der Waals surface area contributed by atoms with Gasteiger partial charge in [0.25, 0.3) is 0 Å². The normalized spacial score (nSPS) is 14.4. The van der Waals surface area contributed by atoms with Gasteiger partial charge in [-0.25, -0.2) is 0 Å². The molecule has 0 saturated carbocycles. The zero-order valence-electron chi connectivity index (χ0n) is 11.0. The maximum atomic E-state index is 5.97. The van der Waals surface area contributed by atoms with Gasteiger partial charge in [-0.1, -0.05) is 42.8 Å². The molecule has 0 amide bonds. The van der Waals surface area contributed by atoms with Crippen LogP contribution in [0.15, 0.2) is 36.9 Å². The van der Waals surface area contributed by atoms with Gasteiger partial charge in [-0.05, 0) is 17.7 Å². The van der Waals surface area contributed by atoms with Gasteiger partial charge >= 0.3 is 0 Å². The lowest BCUT2D eigenvalue weighted by atomic mass is 10.0. The highest BCUT2D eigenvalue weighted by Crippen LogP contribution is 2.25. The van der Waals surface area contributed by atoms with Crippen molar-refractivity contribution in [3.8, 4) is 5.75 Å². The molecule has 0 spiro atoms. The molecule has 0 aliphatic rings. The van der Waals surface area contributed by atoms with Gasteiger partial charge < -0.3 is 9.47 Å². The maximum absolute atomic E-state index is 5.97. The predicted octanol–water partition coefficient (Wildman–Crippen LogP) is 4.20. The zero-order chi connectivity index (χ0) is 13.5. The lowest BCUT2D eigenvalue weighted by Crippen LogP contribution is -2.15. The molecule has 2 atom stereocenters. The minimum absolute atomic E-state index is 0.0178. The Kier molecular flexibility index (Phi) is 5.96. The fourth-order valence-electron chi connectivity index (χ4n) is 1.59. The van der Waals surface area contributed by atoms with Crippen LogP contribution in [-0.4, -0.2) is 20.3 Å². The summed E-state index contributed by atoms with van der Waals surface area (Å²) in [5.74, 6) is 0.935. The van der Waals surface area contributed by atoms with Crippen LogP contribution in [0, 0.1) is 5.92 Å². The summed E-state index contributed by atoms with van der Waals surface area (Å²) >= 11 is 5.97. The van der Waals surface area contributed by atoms with Gasteiger partial charge in [-0.3, -0.25) is 0 Å². The topological polar surface area (TPSA) is 18.5 Å². The van der Waals surface area contributed by atoms with E-state index in [0.717, 1.165) is 5.56 Å². The smallest absolute Gasteiger partial charge is 0.138 e. The average Bonchev–Trinajstić information content (AvgIpc) is 2.40. The molecule has 0 bridgehead atoms. The van der Waals surface area contributed by atoms with E-state index in [4.69, 9.17) is 21.1 Å². The zero-order valence-corrected chi connectivity index (χ0v) is 11.8. The quantitative estimate of drug-likeness (QED) is 0.719. The van der Waals surface area contributed by atoms with Crippen molar-refractivity contribution in [2.24, 2.45) is 5.92 Å². The Morgan fingerprint density at radius 1 is 1.33 bits per heavy atom. The standard InChI is InChI=1S/C15H19ClO2/c1-5-11(2)14(17-3)9-7-12-6-8-13(16)15(10-12)18-4/h5-11,14H,1H2,2-4H3/b9-7+/t11-,14-/m0/s1. The number of benzene rings is 1. The largest absolute Gasteiger partial charge is 0.495 e. The van der Waals surface area contributed by atoms with Gasteiger partial charge in [0.2, 0.25) is 0 Å². The molecule has 0 N–H and O–H groups in total. The summed E-state index contributed by atoms with van der Waals surface area (Å²) in [5.41, 5.74) is 1.02. The van der Waals surface area contributed by atoms with Gasteiger partial charge in [-0.2, -0.15) is 0 Å². The summed E-state index contributed by atoms with van der Waals surface area (Å²) in [7, 11) is 3.30. The molecule has 0 aromatic heterocycles. The first-order valence-corrected chi connectivity index (χ1v) is 6.17. The van der Waals surface area contributed by atoms with Gasteiger partial charge in [0.05, 0.1) is 18.2 Å². The van der Waals surface area contributed by atoms with Crippen LogP contribution in [0.3, 0.4) is 0 Å². The molecular formula is C15H19ClO2. The van der Waals surface area contributed by atoms with Crippen LogP contribution in [-0.2, 0) is 4.74 Å². The molecule has 0 fully saturated rings. The minimum atomic E-state index is 0.0178. The molecule has 18 heavy (non-hydrogen) atoms. The van der Waals surface area contributed by atoms with E-state index in [9.17, 15) is 0 Å². The molecule has 0 aliphatic heterocycles. The molecule has 1 aromatic rings. The minimum Gasteiger partial charge on any atom is -0.495 e. The van der Waals surface area contributed by atoms with Crippen molar-refractivity contribution >= 4 is 17.7 Å². The third-order valence-electron chi connectivity index (χ3n) is 2.82. The highest BCUT2D eigenvalue weighted by atomic mass is 35.5. The Labute approximate surface area is 114 Å². The van der Waals surface area contributed by atoms with Crippen molar-refractivity contribution in [1.29, 1.82) is 0 Å². The monoisotopic (exact) mass is 266 g/mol. The molecule has 0 unspecified atom stereocenters. The summed E-state index contributed by atoms with van der Waals surface area (Å²) in [6.07, 6.45) is 5.90. The summed E-state index contributed by atoms with van der Waals surface area (Å²) < 4.78 is 10.6. The van der Waals surface area contributed by atoms with Crippen LogP contribution in [0.1, 0.15) is 12.5 Å². The van der Waals surface area contributed by atoms with Crippen LogP contribution in [0.2, 0.25) is 5.02 Å². The third kappa shape index (κ3) is 3.90. The first-order chi connectivity index (χ1) is 8.62. The summed E-state index contributed by atoms with van der Waals surface area (Å²) in [6.45, 7) is 5.84. The predicted molar refractivity (Wildman–Crippen MR) is 77.2 cm³/mol. The van der Waals surface area contributed by atoms with E-state index >= 15 is 0 Å². The van der Waals surface area contributed by atoms with Crippen molar-refractivity contribution in [2.75, 3.05) is 14.2 Å². The van der Waals surface area contributed by atoms with E-state index in [1.165, 1.54) is 0 Å². The average molecular weight is 267 g/mol. The van der Waals surface area contributed by atoms with E-state index < -0.39 is 0 Å². The van der Waals surface area contributed by atoms with E-state index in [-0.39, 0.29) is 12.0 Å². The van der Waals surface area contributed by atoms with Crippen molar-refractivity contribution in [2.45, 2.75) is 13.0 Å². The molecule has 98 valence electrons. The summed E-state index contributed by atoms with van der Waals surface area (Å²) in [4.78, 5) is 0. The first kappa shape index (κ1) is 14.8. The fourth-order valence-corrected chi connectivity index (χ4v) is 1.78. The van der Waals surface area contributed by atoms with Crippen molar-refractivity contribution < 1.29 is 9.47 Å². The molecule has 1 aromatic carbocycles. The second-order valence-corrected chi connectivity index (χ2v) is 4.46. The van der Waals surface area contributed by atoms with Crippen molar-refractivity contribution in [3.05, 3.63) is 47.5 Å². The molecular weight excluding hydrogens is 248 g/mol. The first-order valence-electron chi connectivity index (χ1n) is 5.79. The Morgan fingerprint density at radius 3 is 2.61 bits per heavy atom. The number of rotatable bonds is 6. The van der Waals surface area contributed by atoms with E-state index in [1.807, 2.05) is 36.4 Å². The number of halogens is 1. The lowest BCUT2D eigenvalue weighted by molar-refractivity contribution is 0.114. The summed E-state index contributed by atoms with van der Waals surface area (Å²) in [5, 5.41) is 0.609. The van der Waals surface area contributed by atoms with E-state index in [0.29, 0.717) is 10.8 Å². The molecule has 0 aliphatic carbocycles. The highest BCUT2D eigenvalue weighted by Gasteiger charge is 2.09. The molecule has 2 nitrogen and oxygen atoms in total. The SMILES string of the molecule is C=C[C@H](C)[C@H](/C=C/c1ccc(Cl)c(OC)c1)OC. The van der Waals surface area contributed by atoms with Gasteiger partial charge in [-0.15, -0.1) is 6.58 Å². The Bertz CT molecular complexity index is 427. The van der Waals surface area contributed by atoms with Gasteiger partial charge in [0.15, 0.2) is 0 Å². The lowest BCUT2D eigenvalue weighted by Gasteiger charge is -2.15. The molecule has 0 heterocycles. The number of hydrogen-bond donors (Lipinski definition) is 0. The van der Waals surface area contributed by atoms with E-state index in [2.05, 4.69) is 13.5 Å². The maximum Gasteiger partial charge on any atom is 0.138 e. The number of methoxy groups -OCH3 is 2. The number of hydrogen-bond acceptors (Lipinski definition) is 2. The molecule has 0 radical (unpaired) electrons. The van der Waals surface area contributed by atoms with Crippen LogP contribution in [0.25, 0.3) is 6.08 Å². The second kappa shape index (κ2) is 7.24. The third-order valence-corrected chi connectivity index (χ3v) is 3.13. The Morgan fingerprint density at radius 2 is 2.06 bits per heavy atom. The molecule has 3 heteroatoms. The van der Waals surface area contributed by atoms with Crippen LogP contribution in [0.4, 0.5) is 0 Å². The number of ether oxygens (including phenoxy) is 2. The summed E-state index contributed by atoms with van der Waals surface area (Å²) in [6, 6.07) is 5.65.